The van der Waals surface area contributed by atoms with Crippen LogP contribution >= 0.6 is 0 Å². The molecule has 0 saturated carbocycles. The first-order valence-corrected chi connectivity index (χ1v) is 9.78. The average molecular weight is 410 g/mol. The van der Waals surface area contributed by atoms with Crippen molar-refractivity contribution in [1.82, 2.24) is 15.1 Å². The number of allylic oxidation sites excluding steroid dienone is 1. The van der Waals surface area contributed by atoms with E-state index in [2.05, 4.69) is 27.1 Å². The Bertz CT molecular complexity index is 814. The zero-order valence-electron chi connectivity index (χ0n) is 16.2. The number of piperidine rings is 1. The number of halogens is 3. The van der Waals surface area contributed by atoms with E-state index in [0.29, 0.717) is 49.3 Å². The Hall–Kier alpha value is -2.49. The standard InChI is InChI=1S/C19H25F3N6O/c1-11-9-28(10-11)16-8-14(13-2-3-15(23)25-17(13)19(20,21)22)24-18(26-16)27-6-4-12(29)5-7-27/h2-3,8,11-12,17,29H,4-7,9-10H2,1H3,(H2,23,25)(H,24,26). The SMILES string of the molecule is CC1CN(C2=CC(=C3C=CC(N)=NC3C(F)(F)F)NC(N3CCC(O)CC3)=N2)C1. The van der Waals surface area contributed by atoms with Crippen LogP contribution in [0.15, 0.2) is 45.3 Å². The van der Waals surface area contributed by atoms with Crippen molar-refractivity contribution in [2.24, 2.45) is 21.6 Å². The minimum atomic E-state index is -4.55. The molecule has 0 bridgehead atoms. The van der Waals surface area contributed by atoms with Gasteiger partial charge in [-0.15, -0.1) is 0 Å². The van der Waals surface area contributed by atoms with Crippen LogP contribution in [0.2, 0.25) is 0 Å². The molecule has 4 N–H and O–H groups in total. The molecule has 7 nitrogen and oxygen atoms in total. The highest BCUT2D eigenvalue weighted by Gasteiger charge is 2.44. The summed E-state index contributed by atoms with van der Waals surface area (Å²) in [5.41, 5.74) is 5.87. The molecule has 0 radical (unpaired) electrons. The van der Waals surface area contributed by atoms with E-state index in [-0.39, 0.29) is 17.5 Å². The van der Waals surface area contributed by atoms with Crippen LogP contribution in [0.5, 0.6) is 0 Å². The largest absolute Gasteiger partial charge is 0.415 e. The van der Waals surface area contributed by atoms with Crippen LogP contribution in [0.25, 0.3) is 0 Å². The fourth-order valence-electron chi connectivity index (χ4n) is 3.90. The Kier molecular flexibility index (Phi) is 5.05. The second kappa shape index (κ2) is 7.40. The van der Waals surface area contributed by atoms with Gasteiger partial charge in [0.1, 0.15) is 11.7 Å². The molecule has 0 aromatic heterocycles. The number of aliphatic imine (C=N–C) groups is 2. The molecule has 2 saturated heterocycles. The normalized spacial score (nSPS) is 29.1. The van der Waals surface area contributed by atoms with Gasteiger partial charge in [0.25, 0.3) is 0 Å². The molecule has 158 valence electrons. The van der Waals surface area contributed by atoms with E-state index in [1.807, 2.05) is 4.90 Å². The monoisotopic (exact) mass is 410 g/mol. The van der Waals surface area contributed by atoms with Gasteiger partial charge in [0, 0.05) is 37.8 Å². The molecular formula is C19H25F3N6O. The third-order valence-electron chi connectivity index (χ3n) is 5.52. The van der Waals surface area contributed by atoms with Gasteiger partial charge in [-0.25, -0.2) is 0 Å². The van der Waals surface area contributed by atoms with Crippen LogP contribution in [0.3, 0.4) is 0 Å². The zero-order chi connectivity index (χ0) is 20.8. The van der Waals surface area contributed by atoms with Crippen molar-refractivity contribution in [2.75, 3.05) is 26.2 Å². The molecule has 1 unspecified atom stereocenters. The highest BCUT2D eigenvalue weighted by atomic mass is 19.4. The van der Waals surface area contributed by atoms with Crippen LogP contribution in [0, 0.1) is 5.92 Å². The maximum atomic E-state index is 13.6. The minimum absolute atomic E-state index is 0.0159. The Balaban J connectivity index is 1.70. The zero-order valence-corrected chi connectivity index (χ0v) is 16.2. The van der Waals surface area contributed by atoms with Crippen LogP contribution in [-0.4, -0.2) is 71.2 Å². The average Bonchev–Trinajstić information content (AvgIpc) is 2.65. The molecule has 4 aliphatic heterocycles. The number of nitrogens with one attached hydrogen (secondary N) is 1. The summed E-state index contributed by atoms with van der Waals surface area (Å²) in [6.07, 6.45) is 0.697. The summed E-state index contributed by atoms with van der Waals surface area (Å²) in [6, 6.07) is -2.02. The predicted octanol–water partition coefficient (Wildman–Crippen LogP) is 1.31. The molecule has 2 fully saturated rings. The van der Waals surface area contributed by atoms with E-state index in [1.54, 1.807) is 6.08 Å². The molecule has 0 aromatic carbocycles. The van der Waals surface area contributed by atoms with Gasteiger partial charge in [-0.3, -0.25) is 4.99 Å². The predicted molar refractivity (Wildman–Crippen MR) is 104 cm³/mol. The Morgan fingerprint density at radius 3 is 2.48 bits per heavy atom. The summed E-state index contributed by atoms with van der Waals surface area (Å²) >= 11 is 0. The minimum Gasteiger partial charge on any atom is -0.393 e. The highest BCUT2D eigenvalue weighted by molar-refractivity contribution is 5.93. The molecule has 10 heteroatoms. The lowest BCUT2D eigenvalue weighted by molar-refractivity contribution is -0.138. The van der Waals surface area contributed by atoms with Crippen LogP contribution in [0.1, 0.15) is 19.8 Å². The quantitative estimate of drug-likeness (QED) is 0.607. The number of aliphatic hydroxyl groups is 1. The molecule has 1 atom stereocenters. The number of aliphatic hydroxyl groups excluding tert-OH is 1. The summed E-state index contributed by atoms with van der Waals surface area (Å²) in [7, 11) is 0. The maximum Gasteiger partial charge on any atom is 0.415 e. The van der Waals surface area contributed by atoms with Gasteiger partial charge >= 0.3 is 6.18 Å². The smallest absolute Gasteiger partial charge is 0.393 e. The molecule has 0 aromatic rings. The number of hydrogen-bond acceptors (Lipinski definition) is 7. The van der Waals surface area contributed by atoms with E-state index in [4.69, 9.17) is 5.73 Å². The van der Waals surface area contributed by atoms with Crippen molar-refractivity contribution >= 4 is 11.8 Å². The van der Waals surface area contributed by atoms with Crippen molar-refractivity contribution in [2.45, 2.75) is 38.1 Å². The summed E-state index contributed by atoms with van der Waals surface area (Å²) in [6.45, 7) is 4.92. The van der Waals surface area contributed by atoms with E-state index < -0.39 is 12.2 Å². The summed E-state index contributed by atoms with van der Waals surface area (Å²) in [5.74, 6) is 1.52. The number of nitrogens with two attached hydrogens (primary N) is 1. The second-order valence-corrected chi connectivity index (χ2v) is 7.99. The number of guanidine groups is 1. The Morgan fingerprint density at radius 2 is 1.86 bits per heavy atom. The first-order valence-electron chi connectivity index (χ1n) is 9.78. The molecule has 4 heterocycles. The van der Waals surface area contributed by atoms with Gasteiger partial charge in [0.15, 0.2) is 6.04 Å². The number of hydrogen-bond donors (Lipinski definition) is 3. The first kappa shape index (κ1) is 19.8. The van der Waals surface area contributed by atoms with Crippen molar-refractivity contribution in [3.8, 4) is 0 Å². The number of dihydropyridines is 1. The van der Waals surface area contributed by atoms with Crippen molar-refractivity contribution in [1.29, 1.82) is 0 Å². The number of likely N-dealkylation sites (tertiary alicyclic amines) is 2. The van der Waals surface area contributed by atoms with E-state index >= 15 is 0 Å². The van der Waals surface area contributed by atoms with Gasteiger partial charge in [0.2, 0.25) is 5.96 Å². The third kappa shape index (κ3) is 4.12. The molecule has 0 spiro atoms. The Labute approximate surface area is 167 Å². The maximum absolute atomic E-state index is 13.6. The van der Waals surface area contributed by atoms with E-state index in [0.717, 1.165) is 13.1 Å². The van der Waals surface area contributed by atoms with Crippen LogP contribution in [0.4, 0.5) is 13.2 Å². The summed E-state index contributed by atoms with van der Waals surface area (Å²) < 4.78 is 40.9. The Morgan fingerprint density at radius 1 is 1.17 bits per heavy atom. The lowest BCUT2D eigenvalue weighted by atomic mass is 9.99. The van der Waals surface area contributed by atoms with Gasteiger partial charge in [-0.05, 0) is 24.8 Å². The van der Waals surface area contributed by atoms with Crippen LogP contribution in [-0.2, 0) is 0 Å². The summed E-state index contributed by atoms with van der Waals surface area (Å²) in [5, 5.41) is 12.8. The number of alkyl halides is 3. The van der Waals surface area contributed by atoms with Crippen molar-refractivity contribution < 1.29 is 18.3 Å². The third-order valence-corrected chi connectivity index (χ3v) is 5.52. The molecule has 4 rings (SSSR count). The first-order chi connectivity index (χ1) is 13.7. The van der Waals surface area contributed by atoms with Crippen molar-refractivity contribution in [3.63, 3.8) is 0 Å². The van der Waals surface area contributed by atoms with E-state index in [1.165, 1.54) is 12.2 Å². The number of rotatable bonds is 1. The van der Waals surface area contributed by atoms with Gasteiger partial charge in [-0.1, -0.05) is 13.0 Å². The topological polar surface area (TPSA) is 89.5 Å². The van der Waals surface area contributed by atoms with Gasteiger partial charge in [0.05, 0.1) is 11.8 Å². The van der Waals surface area contributed by atoms with Gasteiger partial charge < -0.3 is 26.0 Å². The molecule has 0 amide bonds. The van der Waals surface area contributed by atoms with Crippen LogP contribution < -0.4 is 11.1 Å². The molecule has 0 aliphatic carbocycles. The second-order valence-electron chi connectivity index (χ2n) is 7.99. The summed E-state index contributed by atoms with van der Waals surface area (Å²) in [4.78, 5) is 12.3. The van der Waals surface area contributed by atoms with Gasteiger partial charge in [-0.2, -0.15) is 18.2 Å². The van der Waals surface area contributed by atoms with E-state index in [9.17, 15) is 18.3 Å². The molecule has 29 heavy (non-hydrogen) atoms. The number of nitrogens with zero attached hydrogens (tertiary/aromatic N) is 4. The fraction of sp³-hybridized carbons (Fsp3) is 0.579. The highest BCUT2D eigenvalue weighted by Crippen LogP contribution is 2.34. The lowest BCUT2D eigenvalue weighted by Gasteiger charge is -2.41. The van der Waals surface area contributed by atoms with Crippen molar-refractivity contribution in [3.05, 3.63) is 35.3 Å². The lowest BCUT2D eigenvalue weighted by Crippen LogP contribution is -2.50. The molecular weight excluding hydrogens is 385 g/mol. The molecule has 4 aliphatic rings. The fourth-order valence-corrected chi connectivity index (χ4v) is 3.90. The number of amidine groups is 1.